The van der Waals surface area contributed by atoms with E-state index < -0.39 is 0 Å². The normalized spacial score (nSPS) is 21.0. The second-order valence-electron chi connectivity index (χ2n) is 6.21. The highest BCUT2D eigenvalue weighted by Crippen LogP contribution is 2.39. The lowest BCUT2D eigenvalue weighted by molar-refractivity contribution is 0.0252. The lowest BCUT2D eigenvalue weighted by Crippen LogP contribution is -2.49. The molecule has 0 spiro atoms. The zero-order valence-electron chi connectivity index (χ0n) is 14.0. The van der Waals surface area contributed by atoms with E-state index in [0.717, 1.165) is 42.9 Å². The van der Waals surface area contributed by atoms with Crippen LogP contribution in [-0.2, 0) is 22.3 Å². The van der Waals surface area contributed by atoms with Gasteiger partial charge in [-0.25, -0.2) is 9.80 Å². The molecule has 132 valence electrons. The number of hydrazine groups is 1. The number of carbonyl (C=O) groups is 1. The number of thiocarbonyl (C=S) groups is 1. The Morgan fingerprint density at radius 2 is 2.17 bits per heavy atom. The summed E-state index contributed by atoms with van der Waals surface area (Å²) in [6.07, 6.45) is 3.03. The van der Waals surface area contributed by atoms with E-state index in [4.69, 9.17) is 21.7 Å². The molecule has 8 heteroatoms. The molecular formula is C16H23N3O3S2. The molecule has 6 nitrogen and oxygen atoms in total. The summed E-state index contributed by atoms with van der Waals surface area (Å²) in [5.41, 5.74) is 4.94. The monoisotopic (exact) mass is 369 g/mol. The van der Waals surface area contributed by atoms with E-state index in [1.54, 1.807) is 11.3 Å². The smallest absolute Gasteiger partial charge is 0.341 e. The zero-order valence-corrected chi connectivity index (χ0v) is 15.6. The van der Waals surface area contributed by atoms with Gasteiger partial charge in [-0.3, -0.25) is 5.43 Å². The molecule has 24 heavy (non-hydrogen) atoms. The number of ether oxygens (including phenoxy) is 2. The van der Waals surface area contributed by atoms with Gasteiger partial charge in [-0.15, -0.1) is 11.3 Å². The topological polar surface area (TPSA) is 62.8 Å². The van der Waals surface area contributed by atoms with Crippen molar-refractivity contribution in [1.29, 1.82) is 0 Å². The highest BCUT2D eigenvalue weighted by Gasteiger charge is 2.28. The van der Waals surface area contributed by atoms with Crippen molar-refractivity contribution in [3.63, 3.8) is 0 Å². The van der Waals surface area contributed by atoms with Gasteiger partial charge in [0.25, 0.3) is 0 Å². The fraction of sp³-hybridized carbons (Fsp3) is 0.625. The second kappa shape index (κ2) is 7.77. The minimum Gasteiger partial charge on any atom is -0.465 e. The minimum atomic E-state index is -0.293. The highest BCUT2D eigenvalue weighted by molar-refractivity contribution is 7.80. The van der Waals surface area contributed by atoms with Crippen LogP contribution in [0.15, 0.2) is 0 Å². The van der Waals surface area contributed by atoms with Crippen molar-refractivity contribution < 1.29 is 14.3 Å². The fourth-order valence-electron chi connectivity index (χ4n) is 3.11. The summed E-state index contributed by atoms with van der Waals surface area (Å²) in [5, 5.41) is 6.50. The molecule has 2 heterocycles. The molecule has 1 unspecified atom stereocenters. The number of methoxy groups -OCH3 is 1. The lowest BCUT2D eigenvalue weighted by Gasteiger charge is -2.28. The standard InChI is InChI=1S/C16H23N3O3S2/c1-10-3-4-11-12(9-10)24-14(13(11)15(20)21-2)17-16(23)18-19-5-7-22-8-6-19/h10H,3-9H2,1-2H3,(H2,17,18,23). The summed E-state index contributed by atoms with van der Waals surface area (Å²) in [6.45, 7) is 5.19. The van der Waals surface area contributed by atoms with E-state index in [9.17, 15) is 4.79 Å². The molecule has 1 aliphatic heterocycles. The molecule has 1 aromatic rings. The van der Waals surface area contributed by atoms with E-state index in [2.05, 4.69) is 17.7 Å². The van der Waals surface area contributed by atoms with Gasteiger partial charge >= 0.3 is 5.97 Å². The highest BCUT2D eigenvalue weighted by atomic mass is 32.1. The summed E-state index contributed by atoms with van der Waals surface area (Å²) >= 11 is 7.03. The number of hydrogen-bond donors (Lipinski definition) is 2. The molecule has 1 atom stereocenters. The number of carbonyl (C=O) groups excluding carboxylic acids is 1. The largest absolute Gasteiger partial charge is 0.465 e. The van der Waals surface area contributed by atoms with E-state index in [0.29, 0.717) is 29.8 Å². The maximum absolute atomic E-state index is 12.3. The molecule has 0 amide bonds. The van der Waals surface area contributed by atoms with E-state index in [-0.39, 0.29) is 5.97 Å². The van der Waals surface area contributed by atoms with Gasteiger partial charge in [-0.05, 0) is 43.0 Å². The maximum Gasteiger partial charge on any atom is 0.341 e. The number of rotatable bonds is 3. The van der Waals surface area contributed by atoms with Crippen molar-refractivity contribution in [3.05, 3.63) is 16.0 Å². The summed E-state index contributed by atoms with van der Waals surface area (Å²) < 4.78 is 10.3. The third-order valence-electron chi connectivity index (χ3n) is 4.40. The van der Waals surface area contributed by atoms with Gasteiger partial charge in [0.15, 0.2) is 5.11 Å². The number of fused-ring (bicyclic) bond motifs is 1. The Morgan fingerprint density at radius 3 is 2.88 bits per heavy atom. The Kier molecular flexibility index (Phi) is 5.70. The van der Waals surface area contributed by atoms with Crippen LogP contribution >= 0.6 is 23.6 Å². The predicted molar refractivity (Wildman–Crippen MR) is 98.6 cm³/mol. The summed E-state index contributed by atoms with van der Waals surface area (Å²) in [4.78, 5) is 13.5. The van der Waals surface area contributed by atoms with Crippen LogP contribution in [0.25, 0.3) is 0 Å². The molecule has 2 aliphatic rings. The Balaban J connectivity index is 1.76. The van der Waals surface area contributed by atoms with Crippen LogP contribution in [0.5, 0.6) is 0 Å². The number of esters is 1. The Hall–Kier alpha value is -1.22. The second-order valence-corrected chi connectivity index (χ2v) is 7.73. The Morgan fingerprint density at radius 1 is 1.42 bits per heavy atom. The Labute approximate surface area is 151 Å². The van der Waals surface area contributed by atoms with Crippen molar-refractivity contribution in [2.45, 2.75) is 26.2 Å². The fourth-order valence-corrected chi connectivity index (χ4v) is 4.81. The first-order chi connectivity index (χ1) is 11.6. The number of hydrogen-bond acceptors (Lipinski definition) is 6. The van der Waals surface area contributed by atoms with Gasteiger partial charge < -0.3 is 14.8 Å². The third kappa shape index (κ3) is 3.88. The minimum absolute atomic E-state index is 0.293. The number of nitrogens with one attached hydrogen (secondary N) is 2. The van der Waals surface area contributed by atoms with Gasteiger partial charge in [0, 0.05) is 18.0 Å². The average Bonchev–Trinajstić information content (AvgIpc) is 2.91. The molecule has 1 saturated heterocycles. The van der Waals surface area contributed by atoms with Crippen LogP contribution in [0.1, 0.15) is 34.1 Å². The Bertz CT molecular complexity index is 626. The molecule has 3 rings (SSSR count). The van der Waals surface area contributed by atoms with Gasteiger partial charge in [0.05, 0.1) is 25.9 Å². The van der Waals surface area contributed by atoms with Gasteiger partial charge in [0.1, 0.15) is 5.00 Å². The third-order valence-corrected chi connectivity index (χ3v) is 5.76. The lowest BCUT2D eigenvalue weighted by atomic mass is 9.88. The van der Waals surface area contributed by atoms with Crippen molar-refractivity contribution in [2.24, 2.45) is 5.92 Å². The van der Waals surface area contributed by atoms with E-state index in [1.807, 2.05) is 5.01 Å². The number of thiophene rings is 1. The molecule has 0 aromatic carbocycles. The first-order valence-electron chi connectivity index (χ1n) is 8.21. The first kappa shape index (κ1) is 17.6. The molecule has 0 bridgehead atoms. The van der Waals surface area contributed by atoms with Crippen LogP contribution in [0.4, 0.5) is 5.00 Å². The molecular weight excluding hydrogens is 346 g/mol. The molecule has 1 fully saturated rings. The molecule has 0 radical (unpaired) electrons. The SMILES string of the molecule is COC(=O)c1c(NC(=S)NN2CCOCC2)sc2c1CCC(C)C2. The number of nitrogens with zero attached hydrogens (tertiary/aromatic N) is 1. The van der Waals surface area contributed by atoms with Crippen molar-refractivity contribution in [1.82, 2.24) is 10.4 Å². The predicted octanol–water partition coefficient (Wildman–Crippen LogP) is 2.19. The van der Waals surface area contributed by atoms with Crippen molar-refractivity contribution in [2.75, 3.05) is 38.7 Å². The molecule has 0 saturated carbocycles. The molecule has 1 aromatic heterocycles. The zero-order chi connectivity index (χ0) is 17.1. The summed E-state index contributed by atoms with van der Waals surface area (Å²) in [7, 11) is 1.42. The molecule has 1 aliphatic carbocycles. The van der Waals surface area contributed by atoms with Gasteiger partial charge in [0.2, 0.25) is 0 Å². The van der Waals surface area contributed by atoms with Crippen LogP contribution in [0, 0.1) is 5.92 Å². The molecule has 2 N–H and O–H groups in total. The average molecular weight is 370 g/mol. The number of anilines is 1. The van der Waals surface area contributed by atoms with Crippen LogP contribution in [0.3, 0.4) is 0 Å². The summed E-state index contributed by atoms with van der Waals surface area (Å²) in [6, 6.07) is 0. The van der Waals surface area contributed by atoms with Crippen LogP contribution < -0.4 is 10.7 Å². The first-order valence-corrected chi connectivity index (χ1v) is 9.44. The van der Waals surface area contributed by atoms with Gasteiger partial charge in [-0.2, -0.15) is 0 Å². The van der Waals surface area contributed by atoms with E-state index >= 15 is 0 Å². The summed E-state index contributed by atoms with van der Waals surface area (Å²) in [5.74, 6) is 0.353. The van der Waals surface area contributed by atoms with Gasteiger partial charge in [-0.1, -0.05) is 6.92 Å². The van der Waals surface area contributed by atoms with Crippen LogP contribution in [0.2, 0.25) is 0 Å². The van der Waals surface area contributed by atoms with Crippen molar-refractivity contribution >= 4 is 39.6 Å². The quantitative estimate of drug-likeness (QED) is 0.625. The maximum atomic E-state index is 12.3. The van der Waals surface area contributed by atoms with Crippen LogP contribution in [-0.4, -0.2) is 49.5 Å². The number of morpholine rings is 1. The van der Waals surface area contributed by atoms with E-state index in [1.165, 1.54) is 12.0 Å². The van der Waals surface area contributed by atoms with Crippen molar-refractivity contribution in [3.8, 4) is 0 Å².